The number of anilines is 2. The maximum absolute atomic E-state index is 12.6. The number of nitrogens with two attached hydrogens (primary N) is 1. The zero-order valence-electron chi connectivity index (χ0n) is 13.2. The van der Waals surface area contributed by atoms with Crippen molar-refractivity contribution < 1.29 is 14.3 Å². The molecule has 6 nitrogen and oxygen atoms in total. The lowest BCUT2D eigenvalue weighted by Gasteiger charge is -2.10. The van der Waals surface area contributed by atoms with Crippen LogP contribution in [0.3, 0.4) is 0 Å². The highest BCUT2D eigenvalue weighted by Gasteiger charge is 2.14. The molecule has 0 unspecified atom stereocenters. The maximum Gasteiger partial charge on any atom is 0.212 e. The predicted molar refractivity (Wildman–Crippen MR) is 93.4 cm³/mol. The number of hydrogen-bond donors (Lipinski definition) is 2. The highest BCUT2D eigenvalue weighted by molar-refractivity contribution is 5.98. The van der Waals surface area contributed by atoms with Crippen molar-refractivity contribution in [3.63, 3.8) is 0 Å². The molecule has 0 radical (unpaired) electrons. The number of methoxy groups -OCH3 is 1. The third-order valence-corrected chi connectivity index (χ3v) is 3.85. The number of fused-ring (bicyclic) bond motifs is 1. The average Bonchev–Trinajstić information content (AvgIpc) is 2.92. The van der Waals surface area contributed by atoms with Crippen molar-refractivity contribution in [3.05, 3.63) is 54.1 Å². The van der Waals surface area contributed by atoms with Crippen LogP contribution in [-0.4, -0.2) is 23.9 Å². The molecule has 1 heterocycles. The second kappa shape index (κ2) is 6.45. The molecule has 122 valence electrons. The zero-order chi connectivity index (χ0) is 17.1. The largest absolute Gasteiger partial charge is 0.497 e. The van der Waals surface area contributed by atoms with Crippen LogP contribution in [0.25, 0.3) is 10.9 Å². The van der Waals surface area contributed by atoms with Crippen molar-refractivity contribution in [2.75, 3.05) is 18.2 Å². The van der Waals surface area contributed by atoms with Gasteiger partial charge < -0.3 is 20.4 Å². The molecule has 0 bridgehead atoms. The van der Waals surface area contributed by atoms with E-state index in [0.29, 0.717) is 29.2 Å². The van der Waals surface area contributed by atoms with Gasteiger partial charge in [0.25, 0.3) is 0 Å². The topological polar surface area (TPSA) is 86.3 Å². The van der Waals surface area contributed by atoms with Gasteiger partial charge in [-0.05, 0) is 42.5 Å². The Labute approximate surface area is 138 Å². The smallest absolute Gasteiger partial charge is 0.212 e. The molecule has 3 N–H and O–H groups in total. The molecule has 0 aliphatic carbocycles. The van der Waals surface area contributed by atoms with Gasteiger partial charge >= 0.3 is 0 Å². The summed E-state index contributed by atoms with van der Waals surface area (Å²) in [5, 5.41) is 3.53. The molecule has 1 amide bonds. The molecule has 2 aromatic carbocycles. The van der Waals surface area contributed by atoms with Gasteiger partial charge in [0.05, 0.1) is 19.2 Å². The molecule has 0 fully saturated rings. The van der Waals surface area contributed by atoms with E-state index in [-0.39, 0.29) is 12.3 Å². The van der Waals surface area contributed by atoms with Crippen LogP contribution in [0.5, 0.6) is 5.75 Å². The first-order valence-electron chi connectivity index (χ1n) is 7.38. The van der Waals surface area contributed by atoms with E-state index in [1.807, 2.05) is 12.1 Å². The minimum absolute atomic E-state index is 0.0773. The number of aromatic nitrogens is 1. The molecule has 3 aromatic rings. The van der Waals surface area contributed by atoms with Gasteiger partial charge in [0.15, 0.2) is 5.78 Å². The second-order valence-corrected chi connectivity index (χ2v) is 5.35. The summed E-state index contributed by atoms with van der Waals surface area (Å²) in [6.45, 7) is 0.0927. The van der Waals surface area contributed by atoms with Gasteiger partial charge in [-0.2, -0.15) is 0 Å². The quantitative estimate of drug-likeness (QED) is 0.415. The summed E-state index contributed by atoms with van der Waals surface area (Å²) in [5.41, 5.74) is 7.80. The van der Waals surface area contributed by atoms with Crippen LogP contribution in [-0.2, 0) is 11.3 Å². The van der Waals surface area contributed by atoms with Crippen molar-refractivity contribution in [1.29, 1.82) is 0 Å². The fourth-order valence-electron chi connectivity index (χ4n) is 2.63. The van der Waals surface area contributed by atoms with E-state index in [1.54, 1.807) is 48.1 Å². The third kappa shape index (κ3) is 2.94. The number of benzene rings is 2. The Morgan fingerprint density at radius 3 is 2.62 bits per heavy atom. The van der Waals surface area contributed by atoms with Crippen molar-refractivity contribution in [2.24, 2.45) is 0 Å². The zero-order valence-corrected chi connectivity index (χ0v) is 13.2. The minimum atomic E-state index is -0.0773. The molecule has 0 saturated carbocycles. The third-order valence-electron chi connectivity index (χ3n) is 3.85. The molecule has 0 aliphatic rings. The number of nitrogens with one attached hydrogen (secondary N) is 1. The summed E-state index contributed by atoms with van der Waals surface area (Å²) in [5.74, 6) is 1.16. The molecule has 0 saturated heterocycles. The summed E-state index contributed by atoms with van der Waals surface area (Å²) in [6, 6.07) is 14.1. The Bertz CT molecular complexity index is 898. The van der Waals surface area contributed by atoms with Crippen LogP contribution < -0.4 is 15.8 Å². The summed E-state index contributed by atoms with van der Waals surface area (Å²) < 4.78 is 6.84. The molecule has 0 spiro atoms. The Kier molecular flexibility index (Phi) is 4.20. The highest BCUT2D eigenvalue weighted by atomic mass is 16.5. The molecule has 0 atom stereocenters. The lowest BCUT2D eigenvalue weighted by atomic mass is 10.1. The number of Topliss-reactive ketones (excluding diaryl/α,β-unsaturated/α-hetero) is 1. The van der Waals surface area contributed by atoms with Crippen LogP contribution in [0.2, 0.25) is 0 Å². The lowest BCUT2D eigenvalue weighted by Crippen LogP contribution is -2.13. The number of ether oxygens (including phenoxy) is 1. The number of carbonyl (C=O) groups is 2. The lowest BCUT2D eigenvalue weighted by molar-refractivity contribution is -0.105. The van der Waals surface area contributed by atoms with E-state index in [9.17, 15) is 9.59 Å². The van der Waals surface area contributed by atoms with E-state index in [2.05, 4.69) is 5.32 Å². The molecule has 3 rings (SSSR count). The number of rotatable bonds is 6. The first-order chi connectivity index (χ1) is 11.6. The average molecular weight is 323 g/mol. The van der Waals surface area contributed by atoms with Crippen LogP contribution in [0.15, 0.2) is 48.5 Å². The molecule has 1 aromatic heterocycles. The SMILES string of the molecule is COc1ccc(C(=O)Cn2c(NC=O)cc3ccc(N)cc32)cc1. The van der Waals surface area contributed by atoms with Gasteiger partial charge in [-0.25, -0.2) is 0 Å². The van der Waals surface area contributed by atoms with E-state index in [1.165, 1.54) is 0 Å². The van der Waals surface area contributed by atoms with Gasteiger partial charge in [-0.3, -0.25) is 9.59 Å². The molecular weight excluding hydrogens is 306 g/mol. The van der Waals surface area contributed by atoms with E-state index >= 15 is 0 Å². The van der Waals surface area contributed by atoms with Crippen molar-refractivity contribution >= 4 is 34.6 Å². The van der Waals surface area contributed by atoms with Gasteiger partial charge in [-0.1, -0.05) is 6.07 Å². The summed E-state index contributed by atoms with van der Waals surface area (Å²) in [4.78, 5) is 23.4. The summed E-state index contributed by atoms with van der Waals surface area (Å²) in [6.07, 6.45) is 0.589. The Morgan fingerprint density at radius 2 is 1.96 bits per heavy atom. The van der Waals surface area contributed by atoms with Gasteiger partial charge in [0.2, 0.25) is 6.41 Å². The standard InChI is InChI=1S/C18H17N3O3/c1-24-15-6-3-12(4-7-15)17(23)10-21-16-9-14(19)5-2-13(16)8-18(21)20-11-22/h2-9,11H,10,19H2,1H3,(H,20,22). The van der Waals surface area contributed by atoms with Crippen LogP contribution in [0.4, 0.5) is 11.5 Å². The van der Waals surface area contributed by atoms with Crippen LogP contribution in [0, 0.1) is 0 Å². The number of carbonyl (C=O) groups excluding carboxylic acids is 2. The Balaban J connectivity index is 1.97. The fourth-order valence-corrected chi connectivity index (χ4v) is 2.63. The van der Waals surface area contributed by atoms with Gasteiger partial charge in [0, 0.05) is 16.6 Å². The summed E-state index contributed by atoms with van der Waals surface area (Å²) in [7, 11) is 1.57. The minimum Gasteiger partial charge on any atom is -0.497 e. The number of nitrogen functional groups attached to an aromatic ring is 1. The van der Waals surface area contributed by atoms with Gasteiger partial charge in [0.1, 0.15) is 11.6 Å². The molecular formula is C18H17N3O3. The Hall–Kier alpha value is -3.28. The summed E-state index contributed by atoms with van der Waals surface area (Å²) >= 11 is 0. The van der Waals surface area contributed by atoms with Crippen molar-refractivity contribution in [1.82, 2.24) is 4.57 Å². The monoisotopic (exact) mass is 323 g/mol. The van der Waals surface area contributed by atoms with E-state index in [4.69, 9.17) is 10.5 Å². The maximum atomic E-state index is 12.6. The predicted octanol–water partition coefficient (Wildman–Crippen LogP) is 2.68. The van der Waals surface area contributed by atoms with Crippen LogP contribution >= 0.6 is 0 Å². The van der Waals surface area contributed by atoms with E-state index < -0.39 is 0 Å². The number of amides is 1. The highest BCUT2D eigenvalue weighted by Crippen LogP contribution is 2.26. The fraction of sp³-hybridized carbons (Fsp3) is 0.111. The van der Waals surface area contributed by atoms with Crippen LogP contribution in [0.1, 0.15) is 10.4 Å². The second-order valence-electron chi connectivity index (χ2n) is 5.35. The number of ketones is 1. The van der Waals surface area contributed by atoms with Crippen molar-refractivity contribution in [2.45, 2.75) is 6.54 Å². The molecule has 24 heavy (non-hydrogen) atoms. The first kappa shape index (κ1) is 15.6. The number of hydrogen-bond acceptors (Lipinski definition) is 4. The normalized spacial score (nSPS) is 10.5. The van der Waals surface area contributed by atoms with E-state index in [0.717, 1.165) is 10.9 Å². The van der Waals surface area contributed by atoms with Gasteiger partial charge in [-0.15, -0.1) is 0 Å². The first-order valence-corrected chi connectivity index (χ1v) is 7.38. The molecule has 0 aliphatic heterocycles. The molecule has 6 heteroatoms. The number of nitrogens with zero attached hydrogens (tertiary/aromatic N) is 1. The van der Waals surface area contributed by atoms with Crippen molar-refractivity contribution in [3.8, 4) is 5.75 Å². The Morgan fingerprint density at radius 1 is 1.21 bits per heavy atom.